The van der Waals surface area contributed by atoms with Crippen LogP contribution in [0.1, 0.15) is 63.1 Å². The van der Waals surface area contributed by atoms with Crippen LogP contribution >= 0.6 is 11.8 Å². The molecule has 2 amide bonds. The number of H-pyrrole nitrogens is 1. The summed E-state index contributed by atoms with van der Waals surface area (Å²) in [5.74, 6) is 0.467. The van der Waals surface area contributed by atoms with E-state index in [0.717, 1.165) is 51.9 Å². The lowest BCUT2D eigenvalue weighted by Gasteiger charge is -2.47. The van der Waals surface area contributed by atoms with Crippen LogP contribution in [0.5, 0.6) is 0 Å². The van der Waals surface area contributed by atoms with Crippen molar-refractivity contribution in [1.29, 1.82) is 0 Å². The minimum Gasteiger partial charge on any atom is -0.349 e. The van der Waals surface area contributed by atoms with E-state index in [1.807, 2.05) is 30.5 Å². The van der Waals surface area contributed by atoms with Crippen molar-refractivity contribution in [3.8, 4) is 0 Å². The Hall–Kier alpha value is -1.66. The highest BCUT2D eigenvalue weighted by Crippen LogP contribution is 2.46. The lowest BCUT2D eigenvalue weighted by molar-refractivity contribution is 0.0975. The molecule has 0 spiro atoms. The van der Waals surface area contributed by atoms with E-state index in [1.165, 1.54) is 32.6 Å². The summed E-state index contributed by atoms with van der Waals surface area (Å²) < 4.78 is 0. The topological polar surface area (TPSA) is 51.4 Å². The van der Waals surface area contributed by atoms with Gasteiger partial charge in [-0.15, -0.1) is 11.8 Å². The van der Waals surface area contributed by atoms with Crippen LogP contribution in [0.4, 0.5) is 4.79 Å². The Labute approximate surface area is 191 Å². The molecule has 1 fully saturated rings. The molecule has 2 N–H and O–H groups in total. The highest BCUT2D eigenvalue weighted by molar-refractivity contribution is 7.98. The summed E-state index contributed by atoms with van der Waals surface area (Å²) in [5, 5.41) is 6.16. The minimum atomic E-state index is 0.0835. The smallest absolute Gasteiger partial charge is 0.317 e. The molecular formula is C25H38N4OS. The summed E-state index contributed by atoms with van der Waals surface area (Å²) in [7, 11) is 0. The van der Waals surface area contributed by atoms with Gasteiger partial charge in [0.15, 0.2) is 0 Å². The van der Waals surface area contributed by atoms with Crippen LogP contribution in [0.25, 0.3) is 10.9 Å². The Morgan fingerprint density at radius 2 is 2.03 bits per heavy atom. The number of hydrogen-bond donors (Lipinski definition) is 2. The van der Waals surface area contributed by atoms with Gasteiger partial charge in [-0.1, -0.05) is 19.9 Å². The number of fused-ring (bicyclic) bond motifs is 2. The molecule has 6 heteroatoms. The fraction of sp³-hybridized carbons (Fsp3) is 0.640. The maximum Gasteiger partial charge on any atom is 0.317 e. The zero-order valence-corrected chi connectivity index (χ0v) is 20.6. The monoisotopic (exact) mass is 442 g/mol. The molecule has 0 bridgehead atoms. The number of rotatable bonds is 7. The lowest BCUT2D eigenvalue weighted by atomic mass is 9.73. The number of aromatic nitrogens is 1. The average molecular weight is 443 g/mol. The number of aryl methyl sites for hydroxylation is 1. The van der Waals surface area contributed by atoms with Crippen LogP contribution in [-0.4, -0.2) is 65.3 Å². The number of aromatic amines is 1. The summed E-state index contributed by atoms with van der Waals surface area (Å²) in [5.41, 5.74) is 5.71. The largest absolute Gasteiger partial charge is 0.349 e. The Kier molecular flexibility index (Phi) is 6.87. The van der Waals surface area contributed by atoms with Crippen molar-refractivity contribution < 1.29 is 4.79 Å². The zero-order valence-electron chi connectivity index (χ0n) is 19.8. The maximum absolute atomic E-state index is 12.8. The van der Waals surface area contributed by atoms with Gasteiger partial charge in [0.1, 0.15) is 0 Å². The van der Waals surface area contributed by atoms with E-state index in [0.29, 0.717) is 12.0 Å². The molecule has 0 saturated carbocycles. The molecule has 1 aromatic heterocycles. The van der Waals surface area contributed by atoms with Crippen LogP contribution in [0.3, 0.4) is 0 Å². The van der Waals surface area contributed by atoms with Gasteiger partial charge in [0.25, 0.3) is 0 Å². The molecule has 170 valence electrons. The first-order valence-corrected chi connectivity index (χ1v) is 13.3. The second kappa shape index (κ2) is 9.45. The maximum atomic E-state index is 12.8. The van der Waals surface area contributed by atoms with E-state index in [2.05, 4.69) is 47.4 Å². The third kappa shape index (κ3) is 4.09. The molecule has 3 atom stereocenters. The fourth-order valence-electron chi connectivity index (χ4n) is 5.79. The molecule has 4 rings (SSSR count). The van der Waals surface area contributed by atoms with E-state index < -0.39 is 0 Å². The van der Waals surface area contributed by atoms with Gasteiger partial charge in [-0.2, -0.15) is 0 Å². The normalized spacial score (nSPS) is 23.1. The van der Waals surface area contributed by atoms with Crippen LogP contribution in [0.15, 0.2) is 17.2 Å². The first kappa shape index (κ1) is 22.5. The second-order valence-electron chi connectivity index (χ2n) is 9.03. The van der Waals surface area contributed by atoms with E-state index in [9.17, 15) is 4.79 Å². The molecule has 2 heterocycles. The molecule has 0 radical (unpaired) electrons. The first-order valence-electron chi connectivity index (χ1n) is 12.0. The van der Waals surface area contributed by atoms with Gasteiger partial charge in [0, 0.05) is 48.5 Å². The number of likely N-dealkylation sites (tertiary alicyclic amines) is 1. The van der Waals surface area contributed by atoms with Crippen molar-refractivity contribution >= 4 is 28.7 Å². The summed E-state index contributed by atoms with van der Waals surface area (Å²) in [6.45, 7) is 12.2. The van der Waals surface area contributed by atoms with E-state index >= 15 is 0 Å². The molecule has 1 saturated heterocycles. The molecule has 5 nitrogen and oxygen atoms in total. The third-order valence-corrected chi connectivity index (χ3v) is 8.05. The van der Waals surface area contributed by atoms with E-state index in [4.69, 9.17) is 0 Å². The summed E-state index contributed by atoms with van der Waals surface area (Å²) in [4.78, 5) is 21.1. The number of thioether (sulfide) groups is 1. The number of carbonyl (C=O) groups excluding carboxylic acids is 1. The first-order chi connectivity index (χ1) is 15.0. The predicted octanol–water partition coefficient (Wildman–Crippen LogP) is 5.00. The number of piperidine rings is 1. The molecule has 1 aromatic carbocycles. The van der Waals surface area contributed by atoms with E-state index in [1.54, 1.807) is 0 Å². The van der Waals surface area contributed by atoms with Crippen molar-refractivity contribution in [1.82, 2.24) is 20.1 Å². The van der Waals surface area contributed by atoms with Gasteiger partial charge < -0.3 is 15.2 Å². The second-order valence-corrected chi connectivity index (χ2v) is 9.84. The Bertz CT molecular complexity index is 935. The zero-order chi connectivity index (χ0) is 22.1. The number of hydrogen-bond acceptors (Lipinski definition) is 3. The summed E-state index contributed by atoms with van der Waals surface area (Å²) in [6.07, 6.45) is 6.50. The summed E-state index contributed by atoms with van der Waals surface area (Å²) >= 11 is 1.84. The highest BCUT2D eigenvalue weighted by Gasteiger charge is 2.42. The molecule has 2 aromatic rings. The van der Waals surface area contributed by atoms with Crippen LogP contribution < -0.4 is 5.32 Å². The van der Waals surface area contributed by atoms with Crippen LogP contribution in [-0.2, 0) is 12.8 Å². The Morgan fingerprint density at radius 3 is 2.68 bits per heavy atom. The predicted molar refractivity (Wildman–Crippen MR) is 131 cm³/mol. The minimum absolute atomic E-state index is 0.0835. The van der Waals surface area contributed by atoms with Gasteiger partial charge in [-0.3, -0.25) is 4.90 Å². The van der Waals surface area contributed by atoms with E-state index in [-0.39, 0.29) is 12.1 Å². The fourth-order valence-corrected chi connectivity index (χ4v) is 6.43. The van der Waals surface area contributed by atoms with Crippen molar-refractivity contribution in [2.75, 3.05) is 32.4 Å². The standard InChI is InChI=1S/C25H38N4OS/c1-6-10-29-15-17(26-25(30)28(8-3)9-4)13-18-19-11-16(7-2)12-21-23(19)20(14-22(18)29)24(27-21)31-5/h11-12,17-18,22,27H,6-10,13-15H2,1-5H3,(H,26,30)/t17-,18?,22+/m0/s1. The SMILES string of the molecule is CCCN1C[C@@H](NC(=O)N(CC)CC)CC2c3cc(CC)cc4[nH]c(SC)c(c34)C[C@H]21. The van der Waals surface area contributed by atoms with Crippen molar-refractivity contribution in [2.24, 2.45) is 0 Å². The van der Waals surface area contributed by atoms with Crippen LogP contribution in [0, 0.1) is 0 Å². The van der Waals surface area contributed by atoms with Gasteiger partial charge in [0.2, 0.25) is 0 Å². The molecule has 31 heavy (non-hydrogen) atoms. The number of carbonyl (C=O) groups is 1. The van der Waals surface area contributed by atoms with Gasteiger partial charge >= 0.3 is 6.03 Å². The van der Waals surface area contributed by atoms with Crippen molar-refractivity contribution in [3.05, 3.63) is 28.8 Å². The Balaban J connectivity index is 1.72. The number of amides is 2. The highest BCUT2D eigenvalue weighted by atomic mass is 32.2. The number of benzene rings is 1. The van der Waals surface area contributed by atoms with Gasteiger partial charge in [-0.05, 0) is 75.1 Å². The molecule has 1 unspecified atom stereocenters. The van der Waals surface area contributed by atoms with Gasteiger partial charge in [-0.25, -0.2) is 4.79 Å². The molecule has 1 aliphatic carbocycles. The third-order valence-electron chi connectivity index (χ3n) is 7.29. The average Bonchev–Trinajstić information content (AvgIpc) is 3.13. The number of nitrogens with zero attached hydrogens (tertiary/aromatic N) is 2. The molecule has 2 aliphatic rings. The quantitative estimate of drug-likeness (QED) is 0.594. The van der Waals surface area contributed by atoms with Crippen molar-refractivity contribution in [2.45, 2.75) is 76.4 Å². The van der Waals surface area contributed by atoms with Gasteiger partial charge in [0.05, 0.1) is 5.03 Å². The number of nitrogens with one attached hydrogen (secondary N) is 2. The molecular weight excluding hydrogens is 404 g/mol. The summed E-state index contributed by atoms with van der Waals surface area (Å²) in [6, 6.07) is 5.60. The molecule has 1 aliphatic heterocycles. The van der Waals surface area contributed by atoms with Crippen LogP contribution in [0.2, 0.25) is 0 Å². The Morgan fingerprint density at radius 1 is 1.26 bits per heavy atom. The number of urea groups is 1. The lowest BCUT2D eigenvalue weighted by Crippen LogP contribution is -2.57. The van der Waals surface area contributed by atoms with Crippen molar-refractivity contribution in [3.63, 3.8) is 0 Å².